The zero-order valence-electron chi connectivity index (χ0n) is 13.9. The van der Waals surface area contributed by atoms with E-state index in [1.165, 1.54) is 0 Å². The lowest BCUT2D eigenvalue weighted by molar-refractivity contribution is 0.00567. The molecule has 2 N–H and O–H groups in total. The van der Waals surface area contributed by atoms with Crippen molar-refractivity contribution in [2.75, 3.05) is 19.8 Å². The molecule has 3 rings (SSSR count). The van der Waals surface area contributed by atoms with Crippen LogP contribution >= 0.6 is 0 Å². The van der Waals surface area contributed by atoms with Crippen LogP contribution in [0, 0.1) is 5.92 Å². The number of nitrogens with zero attached hydrogens (tertiary/aromatic N) is 2. The number of ether oxygens (including phenoxy) is 1. The summed E-state index contributed by atoms with van der Waals surface area (Å²) in [6.07, 6.45) is 4.99. The molecule has 0 saturated carbocycles. The van der Waals surface area contributed by atoms with Crippen molar-refractivity contribution in [3.8, 4) is 5.69 Å². The smallest absolute Gasteiger partial charge is 0.240 e. The van der Waals surface area contributed by atoms with Gasteiger partial charge in [0.1, 0.15) is 0 Å². The number of benzene rings is 1. The molecular weight excluding hydrogens is 342 g/mol. The maximum Gasteiger partial charge on any atom is 0.240 e. The molecule has 25 heavy (non-hydrogen) atoms. The Morgan fingerprint density at radius 1 is 1.28 bits per heavy atom. The Kier molecular flexibility index (Phi) is 5.85. The minimum atomic E-state index is -3.59. The number of aromatic nitrogens is 2. The Morgan fingerprint density at radius 3 is 2.64 bits per heavy atom. The molecular formula is C17H23N3O4S. The fraction of sp³-hybridized carbons (Fsp3) is 0.471. The number of hydrogen-bond donors (Lipinski definition) is 2. The van der Waals surface area contributed by atoms with Gasteiger partial charge in [0.25, 0.3) is 0 Å². The van der Waals surface area contributed by atoms with Gasteiger partial charge >= 0.3 is 0 Å². The van der Waals surface area contributed by atoms with Crippen LogP contribution in [0.4, 0.5) is 0 Å². The van der Waals surface area contributed by atoms with Crippen LogP contribution in [0.2, 0.25) is 0 Å². The largest absolute Gasteiger partial charge is 0.393 e. The summed E-state index contributed by atoms with van der Waals surface area (Å²) in [7, 11) is -3.59. The van der Waals surface area contributed by atoms with Crippen molar-refractivity contribution in [2.45, 2.75) is 30.3 Å². The summed E-state index contributed by atoms with van der Waals surface area (Å²) in [6.45, 7) is 1.54. The monoisotopic (exact) mass is 365 g/mol. The van der Waals surface area contributed by atoms with Crippen molar-refractivity contribution in [3.05, 3.63) is 42.7 Å². The molecule has 0 bridgehead atoms. The van der Waals surface area contributed by atoms with Crippen LogP contribution < -0.4 is 4.72 Å². The van der Waals surface area contributed by atoms with E-state index in [1.807, 2.05) is 0 Å². The number of rotatable bonds is 7. The Bertz CT molecular complexity index is 754. The van der Waals surface area contributed by atoms with E-state index in [-0.39, 0.29) is 17.4 Å². The first-order valence-corrected chi connectivity index (χ1v) is 9.90. The number of hydrogen-bond acceptors (Lipinski definition) is 5. The van der Waals surface area contributed by atoms with Gasteiger partial charge < -0.3 is 9.84 Å². The van der Waals surface area contributed by atoms with Gasteiger partial charge in [0.05, 0.1) is 16.7 Å². The first-order chi connectivity index (χ1) is 12.1. The highest BCUT2D eigenvalue weighted by Crippen LogP contribution is 2.20. The summed E-state index contributed by atoms with van der Waals surface area (Å²) in [5.74, 6) is 0.187. The molecule has 1 fully saturated rings. The summed E-state index contributed by atoms with van der Waals surface area (Å²) in [5.41, 5.74) is 0.791. The van der Waals surface area contributed by atoms with E-state index < -0.39 is 16.1 Å². The molecule has 1 unspecified atom stereocenters. The minimum absolute atomic E-state index is 0.187. The molecule has 0 radical (unpaired) electrons. The molecule has 136 valence electrons. The maximum atomic E-state index is 12.4. The van der Waals surface area contributed by atoms with E-state index in [9.17, 15) is 13.5 Å². The predicted molar refractivity (Wildman–Crippen MR) is 92.9 cm³/mol. The summed E-state index contributed by atoms with van der Waals surface area (Å²) in [6, 6.07) is 8.31. The standard InChI is InChI=1S/C17H23N3O4S/c21-17(14-7-12-24-13-8-14)6-10-19-25(22,23)16-4-2-15(3-5-16)20-11-1-9-18-20/h1-5,9,11,14,17,19,21H,6-8,10,12-13H2. The lowest BCUT2D eigenvalue weighted by Gasteiger charge is -2.26. The molecule has 1 aliphatic heterocycles. The lowest BCUT2D eigenvalue weighted by Crippen LogP contribution is -2.32. The average Bonchev–Trinajstić information content (AvgIpc) is 3.17. The van der Waals surface area contributed by atoms with Crippen LogP contribution in [0.15, 0.2) is 47.6 Å². The summed E-state index contributed by atoms with van der Waals surface area (Å²) < 4.78 is 34.2. The highest BCUT2D eigenvalue weighted by atomic mass is 32.2. The van der Waals surface area contributed by atoms with Gasteiger partial charge in [-0.15, -0.1) is 0 Å². The summed E-state index contributed by atoms with van der Waals surface area (Å²) in [4.78, 5) is 0.198. The first kappa shape index (κ1) is 18.1. The van der Waals surface area contributed by atoms with Gasteiger partial charge in [-0.25, -0.2) is 17.8 Å². The van der Waals surface area contributed by atoms with E-state index in [2.05, 4.69) is 9.82 Å². The number of aliphatic hydroxyl groups is 1. The van der Waals surface area contributed by atoms with Crippen LogP contribution in [-0.4, -0.2) is 49.2 Å². The van der Waals surface area contributed by atoms with Crippen molar-refractivity contribution >= 4 is 10.0 Å². The van der Waals surface area contributed by atoms with Crippen LogP contribution in [0.3, 0.4) is 0 Å². The number of sulfonamides is 1. The van der Waals surface area contributed by atoms with E-state index in [4.69, 9.17) is 4.74 Å². The molecule has 1 aromatic heterocycles. The van der Waals surface area contributed by atoms with E-state index in [1.54, 1.807) is 47.4 Å². The zero-order chi connectivity index (χ0) is 17.7. The zero-order valence-corrected chi connectivity index (χ0v) is 14.7. The van der Waals surface area contributed by atoms with Gasteiger partial charge in [0.15, 0.2) is 0 Å². The van der Waals surface area contributed by atoms with E-state index >= 15 is 0 Å². The SMILES string of the molecule is O=S(=O)(NCCC(O)C1CCOCC1)c1ccc(-n2cccn2)cc1. The van der Waals surface area contributed by atoms with Crippen LogP contribution in [-0.2, 0) is 14.8 Å². The molecule has 1 atom stereocenters. The summed E-state index contributed by atoms with van der Waals surface area (Å²) >= 11 is 0. The van der Waals surface area contributed by atoms with Crippen molar-refractivity contribution in [1.29, 1.82) is 0 Å². The minimum Gasteiger partial charge on any atom is -0.393 e. The fourth-order valence-corrected chi connectivity index (χ4v) is 4.01. The Balaban J connectivity index is 1.54. The van der Waals surface area contributed by atoms with Gasteiger partial charge in [-0.2, -0.15) is 5.10 Å². The topological polar surface area (TPSA) is 93.5 Å². The van der Waals surface area contributed by atoms with Crippen molar-refractivity contribution in [2.24, 2.45) is 5.92 Å². The molecule has 1 saturated heterocycles. The average molecular weight is 365 g/mol. The molecule has 0 spiro atoms. The van der Waals surface area contributed by atoms with E-state index in [0.29, 0.717) is 19.6 Å². The third-order valence-electron chi connectivity index (χ3n) is 4.46. The van der Waals surface area contributed by atoms with Gasteiger partial charge in [-0.3, -0.25) is 0 Å². The van der Waals surface area contributed by atoms with Crippen molar-refractivity contribution < 1.29 is 18.3 Å². The van der Waals surface area contributed by atoms with Crippen molar-refractivity contribution in [1.82, 2.24) is 14.5 Å². The first-order valence-electron chi connectivity index (χ1n) is 8.42. The normalized spacial score (nSPS) is 17.5. The quantitative estimate of drug-likeness (QED) is 0.772. The van der Waals surface area contributed by atoms with Gasteiger partial charge in [-0.05, 0) is 55.5 Å². The number of aliphatic hydroxyl groups excluding tert-OH is 1. The summed E-state index contributed by atoms with van der Waals surface area (Å²) in [5, 5.41) is 14.3. The van der Waals surface area contributed by atoms with Crippen LogP contribution in [0.25, 0.3) is 5.69 Å². The molecule has 0 amide bonds. The highest BCUT2D eigenvalue weighted by Gasteiger charge is 2.22. The van der Waals surface area contributed by atoms with Gasteiger partial charge in [0.2, 0.25) is 10.0 Å². The van der Waals surface area contributed by atoms with Crippen molar-refractivity contribution in [3.63, 3.8) is 0 Å². The second kappa shape index (κ2) is 8.09. The Morgan fingerprint density at radius 2 is 2.00 bits per heavy atom. The lowest BCUT2D eigenvalue weighted by atomic mass is 9.92. The maximum absolute atomic E-state index is 12.4. The van der Waals surface area contributed by atoms with E-state index in [0.717, 1.165) is 18.5 Å². The second-order valence-corrected chi connectivity index (χ2v) is 7.92. The van der Waals surface area contributed by atoms with Crippen LogP contribution in [0.1, 0.15) is 19.3 Å². The van der Waals surface area contributed by atoms with Gasteiger partial charge in [-0.1, -0.05) is 0 Å². The Hall–Kier alpha value is -1.74. The molecule has 1 aromatic carbocycles. The molecule has 8 heteroatoms. The molecule has 0 aliphatic carbocycles. The third kappa shape index (κ3) is 4.66. The molecule has 1 aliphatic rings. The predicted octanol–water partition coefficient (Wildman–Crippen LogP) is 1.33. The molecule has 2 heterocycles. The Labute approximate surface area is 147 Å². The molecule has 2 aromatic rings. The fourth-order valence-electron chi connectivity index (χ4n) is 2.96. The highest BCUT2D eigenvalue weighted by molar-refractivity contribution is 7.89. The second-order valence-electron chi connectivity index (χ2n) is 6.15. The molecule has 7 nitrogen and oxygen atoms in total. The van der Waals surface area contributed by atoms with Gasteiger partial charge in [0, 0.05) is 32.2 Å². The third-order valence-corrected chi connectivity index (χ3v) is 5.94. The van der Waals surface area contributed by atoms with Crippen LogP contribution in [0.5, 0.6) is 0 Å². The number of nitrogens with one attached hydrogen (secondary N) is 1.